The molecule has 0 bridgehead atoms. The van der Waals surface area contributed by atoms with E-state index in [9.17, 15) is 14.4 Å². The SMILES string of the molecule is CC(=O)NC[C@H]1CN(c2ccc(C3CCN(C(=O)COCc4ccccc4)CC3)c(F)c2)C(=O)O1. The van der Waals surface area contributed by atoms with Crippen molar-refractivity contribution in [3.05, 3.63) is 65.5 Å². The molecule has 2 aromatic rings. The molecule has 186 valence electrons. The van der Waals surface area contributed by atoms with Gasteiger partial charge in [0.15, 0.2) is 0 Å². The highest BCUT2D eigenvalue weighted by molar-refractivity contribution is 5.89. The maximum atomic E-state index is 15.0. The Kier molecular flexibility index (Phi) is 7.97. The highest BCUT2D eigenvalue weighted by Gasteiger charge is 2.33. The zero-order chi connectivity index (χ0) is 24.8. The summed E-state index contributed by atoms with van der Waals surface area (Å²) in [6.45, 7) is 3.35. The van der Waals surface area contributed by atoms with Gasteiger partial charge in [-0.2, -0.15) is 0 Å². The number of amides is 3. The van der Waals surface area contributed by atoms with Gasteiger partial charge in [0.05, 0.1) is 25.4 Å². The Morgan fingerprint density at radius 1 is 1.14 bits per heavy atom. The van der Waals surface area contributed by atoms with Gasteiger partial charge in [0.1, 0.15) is 18.5 Å². The molecule has 1 N–H and O–H groups in total. The van der Waals surface area contributed by atoms with E-state index in [1.165, 1.54) is 17.9 Å². The molecule has 1 atom stereocenters. The fourth-order valence-electron chi connectivity index (χ4n) is 4.47. The molecule has 0 aliphatic carbocycles. The fourth-order valence-corrected chi connectivity index (χ4v) is 4.47. The molecule has 3 amide bonds. The van der Waals surface area contributed by atoms with Crippen molar-refractivity contribution in [1.82, 2.24) is 10.2 Å². The van der Waals surface area contributed by atoms with Gasteiger partial charge in [-0.1, -0.05) is 36.4 Å². The molecule has 2 fully saturated rings. The van der Waals surface area contributed by atoms with Crippen LogP contribution in [0.4, 0.5) is 14.9 Å². The molecule has 0 unspecified atom stereocenters. The molecule has 8 nitrogen and oxygen atoms in total. The van der Waals surface area contributed by atoms with Crippen LogP contribution in [-0.2, 0) is 25.7 Å². The first-order chi connectivity index (χ1) is 16.9. The van der Waals surface area contributed by atoms with E-state index in [1.54, 1.807) is 17.0 Å². The number of hydrogen-bond acceptors (Lipinski definition) is 5. The Hall–Kier alpha value is -3.46. The Bertz CT molecular complexity index is 1060. The molecule has 2 aliphatic heterocycles. The largest absolute Gasteiger partial charge is 0.442 e. The molecule has 0 saturated carbocycles. The third-order valence-corrected chi connectivity index (χ3v) is 6.37. The maximum absolute atomic E-state index is 15.0. The lowest BCUT2D eigenvalue weighted by Gasteiger charge is -2.32. The first-order valence-electron chi connectivity index (χ1n) is 11.8. The summed E-state index contributed by atoms with van der Waals surface area (Å²) >= 11 is 0. The summed E-state index contributed by atoms with van der Waals surface area (Å²) in [5.74, 6) is -0.646. The molecule has 0 radical (unpaired) electrons. The van der Waals surface area contributed by atoms with Crippen LogP contribution in [0.15, 0.2) is 48.5 Å². The summed E-state index contributed by atoms with van der Waals surface area (Å²) in [7, 11) is 0. The van der Waals surface area contributed by atoms with Gasteiger partial charge in [-0.25, -0.2) is 9.18 Å². The first-order valence-corrected chi connectivity index (χ1v) is 11.8. The molecule has 35 heavy (non-hydrogen) atoms. The number of carbonyl (C=O) groups excluding carboxylic acids is 3. The van der Waals surface area contributed by atoms with Crippen molar-refractivity contribution in [2.45, 2.75) is 38.4 Å². The number of nitrogens with zero attached hydrogens (tertiary/aromatic N) is 2. The first kappa shape index (κ1) is 24.7. The lowest BCUT2D eigenvalue weighted by Crippen LogP contribution is -2.40. The Morgan fingerprint density at radius 3 is 2.57 bits per heavy atom. The quantitative estimate of drug-likeness (QED) is 0.623. The molecule has 0 aromatic heterocycles. The summed E-state index contributed by atoms with van der Waals surface area (Å²) in [6, 6.07) is 14.5. The van der Waals surface area contributed by atoms with E-state index in [-0.39, 0.29) is 43.2 Å². The predicted octanol–water partition coefficient (Wildman–Crippen LogP) is 3.21. The third-order valence-electron chi connectivity index (χ3n) is 6.37. The summed E-state index contributed by atoms with van der Waals surface area (Å²) < 4.78 is 25.8. The van der Waals surface area contributed by atoms with E-state index in [2.05, 4.69) is 5.32 Å². The molecule has 2 saturated heterocycles. The average molecular weight is 484 g/mol. The predicted molar refractivity (Wildman–Crippen MR) is 127 cm³/mol. The van der Waals surface area contributed by atoms with Gasteiger partial charge >= 0.3 is 6.09 Å². The van der Waals surface area contributed by atoms with E-state index in [0.29, 0.717) is 43.8 Å². The van der Waals surface area contributed by atoms with Crippen LogP contribution in [-0.4, -0.2) is 61.7 Å². The van der Waals surface area contributed by atoms with Crippen molar-refractivity contribution in [1.29, 1.82) is 0 Å². The summed E-state index contributed by atoms with van der Waals surface area (Å²) in [4.78, 5) is 38.9. The van der Waals surface area contributed by atoms with E-state index in [0.717, 1.165) is 5.56 Å². The molecule has 2 aromatic carbocycles. The standard InChI is InChI=1S/C26H30FN3O5/c1-18(31)28-14-22-15-30(26(33)35-22)21-7-8-23(24(27)13-21)20-9-11-29(12-10-20)25(32)17-34-16-19-5-3-2-4-6-19/h2-8,13,20,22H,9-12,14-17H2,1H3,(H,28,31)/t22-/m0/s1. The number of anilines is 1. The number of hydrogen-bond donors (Lipinski definition) is 1. The van der Waals surface area contributed by atoms with Gasteiger partial charge < -0.3 is 19.7 Å². The van der Waals surface area contributed by atoms with Gasteiger partial charge in [-0.3, -0.25) is 14.5 Å². The van der Waals surface area contributed by atoms with Gasteiger partial charge in [-0.05, 0) is 42.0 Å². The van der Waals surface area contributed by atoms with Crippen LogP contribution in [0.3, 0.4) is 0 Å². The highest BCUT2D eigenvalue weighted by atomic mass is 19.1. The molecule has 4 rings (SSSR count). The van der Waals surface area contributed by atoms with E-state index in [1.807, 2.05) is 30.3 Å². The number of cyclic esters (lactones) is 1. The number of halogens is 1. The number of nitrogens with one attached hydrogen (secondary N) is 1. The number of ether oxygens (including phenoxy) is 2. The molecule has 9 heteroatoms. The Balaban J connectivity index is 1.27. The zero-order valence-corrected chi connectivity index (χ0v) is 19.7. The highest BCUT2D eigenvalue weighted by Crippen LogP contribution is 2.32. The Labute approximate surface area is 204 Å². The van der Waals surface area contributed by atoms with Crippen LogP contribution in [0.1, 0.15) is 36.8 Å². The zero-order valence-electron chi connectivity index (χ0n) is 19.7. The monoisotopic (exact) mass is 483 g/mol. The maximum Gasteiger partial charge on any atom is 0.414 e. The summed E-state index contributed by atoms with van der Waals surface area (Å²) in [6.07, 6.45) is 0.276. The minimum Gasteiger partial charge on any atom is -0.442 e. The lowest BCUT2D eigenvalue weighted by molar-refractivity contribution is -0.137. The second-order valence-electron chi connectivity index (χ2n) is 8.89. The minimum atomic E-state index is -0.561. The van der Waals surface area contributed by atoms with E-state index < -0.39 is 12.2 Å². The number of piperidine rings is 1. The van der Waals surface area contributed by atoms with Crippen LogP contribution in [0.25, 0.3) is 0 Å². The van der Waals surface area contributed by atoms with Crippen molar-refractivity contribution in [3.8, 4) is 0 Å². The topological polar surface area (TPSA) is 88.2 Å². The second-order valence-corrected chi connectivity index (χ2v) is 8.89. The average Bonchev–Trinajstić information content (AvgIpc) is 3.24. The molecular formula is C26H30FN3O5. The van der Waals surface area contributed by atoms with Gasteiger partial charge in [0.2, 0.25) is 11.8 Å². The van der Waals surface area contributed by atoms with Crippen molar-refractivity contribution in [2.75, 3.05) is 37.7 Å². The molecule has 2 heterocycles. The molecular weight excluding hydrogens is 453 g/mol. The van der Waals surface area contributed by atoms with Gasteiger partial charge in [-0.15, -0.1) is 0 Å². The van der Waals surface area contributed by atoms with Gasteiger partial charge in [0, 0.05) is 20.0 Å². The van der Waals surface area contributed by atoms with Crippen molar-refractivity contribution >= 4 is 23.6 Å². The minimum absolute atomic E-state index is 0.00335. The van der Waals surface area contributed by atoms with Gasteiger partial charge in [0.25, 0.3) is 0 Å². The lowest BCUT2D eigenvalue weighted by atomic mass is 9.89. The molecule has 0 spiro atoms. The van der Waals surface area contributed by atoms with Crippen molar-refractivity contribution in [2.24, 2.45) is 0 Å². The van der Waals surface area contributed by atoms with E-state index >= 15 is 4.39 Å². The number of benzene rings is 2. The summed E-state index contributed by atoms with van der Waals surface area (Å²) in [5, 5.41) is 2.62. The van der Waals surface area contributed by atoms with E-state index in [4.69, 9.17) is 9.47 Å². The second kappa shape index (κ2) is 11.3. The van der Waals surface area contributed by atoms with Crippen LogP contribution in [0, 0.1) is 5.82 Å². The smallest absolute Gasteiger partial charge is 0.414 e. The van der Waals surface area contributed by atoms with Crippen LogP contribution >= 0.6 is 0 Å². The van der Waals surface area contributed by atoms with Crippen molar-refractivity contribution < 1.29 is 28.2 Å². The normalized spacial score (nSPS) is 18.5. The fraction of sp³-hybridized carbons (Fsp3) is 0.423. The number of likely N-dealkylation sites (tertiary alicyclic amines) is 1. The van der Waals surface area contributed by atoms with Crippen LogP contribution in [0.5, 0.6) is 0 Å². The number of carbonyl (C=O) groups is 3. The third kappa shape index (κ3) is 6.36. The summed E-state index contributed by atoms with van der Waals surface area (Å²) in [5.41, 5.74) is 2.02. The van der Waals surface area contributed by atoms with Crippen LogP contribution in [0.2, 0.25) is 0 Å². The number of rotatable bonds is 8. The Morgan fingerprint density at radius 2 is 1.89 bits per heavy atom. The molecule has 2 aliphatic rings. The van der Waals surface area contributed by atoms with Crippen LogP contribution < -0.4 is 10.2 Å². The van der Waals surface area contributed by atoms with Crippen molar-refractivity contribution in [3.63, 3.8) is 0 Å².